The maximum Gasteiger partial charge on any atom is 0.293 e. The first kappa shape index (κ1) is 14.1. The third-order valence-corrected chi connectivity index (χ3v) is 3.72. The smallest absolute Gasteiger partial charge is 0.293 e. The first-order valence-electron chi connectivity index (χ1n) is 7.11. The van der Waals surface area contributed by atoms with E-state index in [1.807, 2.05) is 0 Å². The van der Waals surface area contributed by atoms with Crippen LogP contribution in [-0.4, -0.2) is 34.7 Å². The molecule has 0 saturated carbocycles. The summed E-state index contributed by atoms with van der Waals surface area (Å²) in [5.74, 6) is 0.562. The van der Waals surface area contributed by atoms with Crippen LogP contribution in [0.15, 0.2) is 17.2 Å². The standard InChI is InChI=1S/C14H24N4O/c1-11(2)18(10-12-6-4-5-7-15-12)13-14(19)17(3)9-8-16-13/h8-9,11-12,15H,4-7,10H2,1-3H3. The van der Waals surface area contributed by atoms with Crippen LogP contribution in [0.1, 0.15) is 33.1 Å². The molecule has 1 aromatic heterocycles. The molecule has 0 amide bonds. The highest BCUT2D eigenvalue weighted by Gasteiger charge is 2.21. The third kappa shape index (κ3) is 3.35. The largest absolute Gasteiger partial charge is 0.348 e. The number of piperidine rings is 1. The Balaban J connectivity index is 2.19. The van der Waals surface area contributed by atoms with E-state index in [1.165, 1.54) is 19.3 Å². The summed E-state index contributed by atoms with van der Waals surface area (Å²) in [7, 11) is 1.77. The molecule has 1 saturated heterocycles. The molecule has 5 nitrogen and oxygen atoms in total. The van der Waals surface area contributed by atoms with Crippen LogP contribution in [0, 0.1) is 0 Å². The Morgan fingerprint density at radius 2 is 2.32 bits per heavy atom. The molecule has 2 rings (SSSR count). The zero-order valence-electron chi connectivity index (χ0n) is 12.1. The van der Waals surface area contributed by atoms with Crippen LogP contribution in [0.2, 0.25) is 0 Å². The second-order valence-electron chi connectivity index (χ2n) is 5.56. The van der Waals surface area contributed by atoms with Gasteiger partial charge in [-0.1, -0.05) is 6.42 Å². The van der Waals surface area contributed by atoms with Crippen LogP contribution >= 0.6 is 0 Å². The van der Waals surface area contributed by atoms with Crippen molar-refractivity contribution in [3.63, 3.8) is 0 Å². The van der Waals surface area contributed by atoms with E-state index in [-0.39, 0.29) is 11.6 Å². The highest BCUT2D eigenvalue weighted by molar-refractivity contribution is 5.37. The molecule has 0 radical (unpaired) electrons. The van der Waals surface area contributed by atoms with Crippen LogP contribution in [-0.2, 0) is 7.05 Å². The number of anilines is 1. The van der Waals surface area contributed by atoms with Crippen molar-refractivity contribution in [3.05, 3.63) is 22.7 Å². The van der Waals surface area contributed by atoms with E-state index in [4.69, 9.17) is 0 Å². The molecule has 1 N–H and O–H groups in total. The Kier molecular flexibility index (Phi) is 4.58. The van der Waals surface area contributed by atoms with Crippen LogP contribution in [0.5, 0.6) is 0 Å². The van der Waals surface area contributed by atoms with Gasteiger partial charge in [-0.3, -0.25) is 4.79 Å². The van der Waals surface area contributed by atoms with Crippen molar-refractivity contribution in [1.29, 1.82) is 0 Å². The van der Waals surface area contributed by atoms with Gasteiger partial charge >= 0.3 is 0 Å². The summed E-state index contributed by atoms with van der Waals surface area (Å²) < 4.78 is 1.59. The van der Waals surface area contributed by atoms with E-state index in [9.17, 15) is 4.79 Å². The molecule has 0 spiro atoms. The minimum absolute atomic E-state index is 0.0213. The van der Waals surface area contributed by atoms with Gasteiger partial charge in [0.25, 0.3) is 5.56 Å². The summed E-state index contributed by atoms with van der Waals surface area (Å²) >= 11 is 0. The summed E-state index contributed by atoms with van der Waals surface area (Å²) in [5.41, 5.74) is -0.0213. The fraction of sp³-hybridized carbons (Fsp3) is 0.714. The normalized spacial score (nSPS) is 19.7. The molecule has 0 bridgehead atoms. The van der Waals surface area contributed by atoms with Crippen LogP contribution in [0.4, 0.5) is 5.82 Å². The number of aryl methyl sites for hydroxylation is 1. The van der Waals surface area contributed by atoms with Crippen molar-refractivity contribution in [3.8, 4) is 0 Å². The second-order valence-corrected chi connectivity index (χ2v) is 5.56. The Morgan fingerprint density at radius 1 is 1.53 bits per heavy atom. The van der Waals surface area contributed by atoms with Gasteiger partial charge in [-0.05, 0) is 33.2 Å². The van der Waals surface area contributed by atoms with Gasteiger partial charge in [-0.25, -0.2) is 4.98 Å². The highest BCUT2D eigenvalue weighted by Crippen LogP contribution is 2.14. The fourth-order valence-electron chi connectivity index (χ4n) is 2.54. The van der Waals surface area contributed by atoms with Crippen molar-refractivity contribution in [2.75, 3.05) is 18.0 Å². The molecule has 1 aliphatic heterocycles. The van der Waals surface area contributed by atoms with E-state index in [0.717, 1.165) is 13.1 Å². The predicted octanol–water partition coefficient (Wildman–Crippen LogP) is 1.14. The Hall–Kier alpha value is -1.36. The first-order chi connectivity index (χ1) is 9.09. The van der Waals surface area contributed by atoms with Gasteiger partial charge in [-0.15, -0.1) is 0 Å². The van der Waals surface area contributed by atoms with Crippen molar-refractivity contribution >= 4 is 5.82 Å². The molecule has 1 atom stereocenters. The van der Waals surface area contributed by atoms with Gasteiger partial charge in [0.15, 0.2) is 5.82 Å². The number of aromatic nitrogens is 2. The molecule has 106 valence electrons. The third-order valence-electron chi connectivity index (χ3n) is 3.72. The SMILES string of the molecule is CC(C)N(CC1CCCCN1)c1nccn(C)c1=O. The van der Waals surface area contributed by atoms with Crippen molar-refractivity contribution < 1.29 is 0 Å². The highest BCUT2D eigenvalue weighted by atomic mass is 16.1. The molecule has 0 aliphatic carbocycles. The predicted molar refractivity (Wildman–Crippen MR) is 77.6 cm³/mol. The lowest BCUT2D eigenvalue weighted by atomic mass is 10.0. The molecular weight excluding hydrogens is 240 g/mol. The van der Waals surface area contributed by atoms with Gasteiger partial charge < -0.3 is 14.8 Å². The monoisotopic (exact) mass is 264 g/mol. The Labute approximate surface area is 114 Å². The summed E-state index contributed by atoms with van der Waals surface area (Å²) in [5, 5.41) is 3.53. The van der Waals surface area contributed by atoms with Crippen molar-refractivity contribution in [2.24, 2.45) is 7.05 Å². The lowest BCUT2D eigenvalue weighted by Gasteiger charge is -2.33. The lowest BCUT2D eigenvalue weighted by Crippen LogP contribution is -2.48. The first-order valence-corrected chi connectivity index (χ1v) is 7.11. The molecular formula is C14H24N4O. The zero-order chi connectivity index (χ0) is 13.8. The van der Waals surface area contributed by atoms with Crippen LogP contribution in [0.25, 0.3) is 0 Å². The maximum atomic E-state index is 12.2. The molecule has 1 aromatic rings. The van der Waals surface area contributed by atoms with Crippen molar-refractivity contribution in [2.45, 2.75) is 45.2 Å². The average Bonchev–Trinajstić information content (AvgIpc) is 2.40. The molecule has 1 aliphatic rings. The van der Waals surface area contributed by atoms with E-state index >= 15 is 0 Å². The summed E-state index contributed by atoms with van der Waals surface area (Å²) in [6.45, 7) is 6.15. The van der Waals surface area contributed by atoms with Gasteiger partial charge in [0.05, 0.1) is 0 Å². The number of rotatable bonds is 4. The van der Waals surface area contributed by atoms with Gasteiger partial charge in [-0.2, -0.15) is 0 Å². The topological polar surface area (TPSA) is 50.2 Å². The molecule has 2 heterocycles. The Morgan fingerprint density at radius 3 is 2.95 bits per heavy atom. The number of hydrogen-bond acceptors (Lipinski definition) is 4. The molecule has 5 heteroatoms. The summed E-state index contributed by atoms with van der Waals surface area (Å²) in [4.78, 5) is 18.6. The minimum Gasteiger partial charge on any atom is -0.348 e. The molecule has 1 fully saturated rings. The number of hydrogen-bond donors (Lipinski definition) is 1. The van der Waals surface area contributed by atoms with Gasteiger partial charge in [0.1, 0.15) is 0 Å². The van der Waals surface area contributed by atoms with E-state index in [1.54, 1.807) is 24.0 Å². The second kappa shape index (κ2) is 6.19. The van der Waals surface area contributed by atoms with E-state index in [0.29, 0.717) is 11.9 Å². The van der Waals surface area contributed by atoms with E-state index in [2.05, 4.69) is 29.0 Å². The van der Waals surface area contributed by atoms with Crippen LogP contribution in [0.3, 0.4) is 0 Å². The van der Waals surface area contributed by atoms with Crippen molar-refractivity contribution in [1.82, 2.24) is 14.9 Å². The quantitative estimate of drug-likeness (QED) is 0.886. The molecule has 19 heavy (non-hydrogen) atoms. The molecule has 0 aromatic carbocycles. The maximum absolute atomic E-state index is 12.2. The lowest BCUT2D eigenvalue weighted by molar-refractivity contribution is 0.392. The summed E-state index contributed by atoms with van der Waals surface area (Å²) in [6, 6.07) is 0.731. The number of nitrogens with one attached hydrogen (secondary N) is 1. The zero-order valence-corrected chi connectivity index (χ0v) is 12.1. The number of nitrogens with zero attached hydrogens (tertiary/aromatic N) is 3. The minimum atomic E-state index is -0.0213. The van der Waals surface area contributed by atoms with E-state index < -0.39 is 0 Å². The van der Waals surface area contributed by atoms with Crippen LogP contribution < -0.4 is 15.8 Å². The average molecular weight is 264 g/mol. The Bertz CT molecular complexity index is 463. The van der Waals surface area contributed by atoms with Gasteiger partial charge in [0, 0.05) is 38.1 Å². The molecule has 1 unspecified atom stereocenters. The van der Waals surface area contributed by atoms with Gasteiger partial charge in [0.2, 0.25) is 0 Å². The fourth-order valence-corrected chi connectivity index (χ4v) is 2.54. The summed E-state index contributed by atoms with van der Waals surface area (Å²) in [6.07, 6.45) is 7.09.